The van der Waals surface area contributed by atoms with Crippen molar-refractivity contribution in [3.8, 4) is 5.82 Å². The number of carbonyl (C=O) groups is 2. The van der Waals surface area contributed by atoms with Crippen LogP contribution in [-0.2, 0) is 41.1 Å². The molecule has 1 aliphatic carbocycles. The number of allylic oxidation sites excluding steroid dienone is 1. The van der Waals surface area contributed by atoms with Crippen molar-refractivity contribution in [2.45, 2.75) is 108 Å². The van der Waals surface area contributed by atoms with Crippen molar-refractivity contribution in [3.63, 3.8) is 0 Å². The smallest absolute Gasteiger partial charge is 0.278 e. The van der Waals surface area contributed by atoms with Crippen molar-refractivity contribution in [2.75, 3.05) is 42.9 Å². The van der Waals surface area contributed by atoms with E-state index in [1.807, 2.05) is 37.3 Å². The number of hydrogen-bond acceptors (Lipinski definition) is 13. The first-order chi connectivity index (χ1) is 31.7. The zero-order valence-electron chi connectivity index (χ0n) is 36.8. The second kappa shape index (κ2) is 16.6. The van der Waals surface area contributed by atoms with Crippen molar-refractivity contribution in [1.82, 2.24) is 44.6 Å². The number of fused-ring (bicyclic) bond motifs is 5. The highest BCUT2D eigenvalue weighted by Crippen LogP contribution is 2.39. The highest BCUT2D eigenvalue weighted by molar-refractivity contribution is 6.02. The molecule has 11 rings (SSSR count). The number of imide groups is 1. The van der Waals surface area contributed by atoms with Crippen LogP contribution in [0.5, 0.6) is 0 Å². The number of amides is 2. The van der Waals surface area contributed by atoms with E-state index in [2.05, 4.69) is 60.3 Å². The maximum atomic E-state index is 13.6. The average molecular weight is 878 g/mol. The molecule has 2 amide bonds. The molecule has 16 nitrogen and oxygen atoms in total. The predicted molar refractivity (Wildman–Crippen MR) is 246 cm³/mol. The van der Waals surface area contributed by atoms with Gasteiger partial charge in [-0.2, -0.15) is 4.98 Å². The van der Waals surface area contributed by atoms with Crippen LogP contribution in [-0.4, -0.2) is 101 Å². The molecule has 5 aliphatic rings. The van der Waals surface area contributed by atoms with Crippen LogP contribution in [0.4, 0.5) is 17.3 Å². The number of aliphatic hydroxyl groups is 1. The summed E-state index contributed by atoms with van der Waals surface area (Å²) in [5.74, 6) is -0.105. The Kier molecular flexibility index (Phi) is 10.6. The Bertz CT molecular complexity index is 2890. The van der Waals surface area contributed by atoms with E-state index in [4.69, 9.17) is 14.5 Å². The molecular weight excluding hydrogens is 823 g/mol. The van der Waals surface area contributed by atoms with Crippen LogP contribution < -0.4 is 21.1 Å². The van der Waals surface area contributed by atoms with Gasteiger partial charge in [-0.05, 0) is 118 Å². The number of pyridine rings is 1. The van der Waals surface area contributed by atoms with Crippen molar-refractivity contribution < 1.29 is 19.2 Å². The van der Waals surface area contributed by atoms with Gasteiger partial charge in [0.25, 0.3) is 5.56 Å². The van der Waals surface area contributed by atoms with E-state index in [1.165, 1.54) is 16.8 Å². The summed E-state index contributed by atoms with van der Waals surface area (Å²) in [7, 11) is 0. The zero-order chi connectivity index (χ0) is 44.4. The minimum absolute atomic E-state index is 0.228. The van der Waals surface area contributed by atoms with Gasteiger partial charge in [-0.1, -0.05) is 30.3 Å². The Labute approximate surface area is 376 Å². The Morgan fingerprint density at radius 3 is 2.42 bits per heavy atom. The van der Waals surface area contributed by atoms with E-state index in [0.717, 1.165) is 100 Å². The Morgan fingerprint density at radius 2 is 1.65 bits per heavy atom. The molecule has 2 aromatic carbocycles. The summed E-state index contributed by atoms with van der Waals surface area (Å²) in [5, 5.41) is 22.8. The number of benzene rings is 2. The van der Waals surface area contributed by atoms with Gasteiger partial charge in [0.05, 0.1) is 18.2 Å². The van der Waals surface area contributed by atoms with E-state index in [-0.39, 0.29) is 23.9 Å². The van der Waals surface area contributed by atoms with Gasteiger partial charge in [0.2, 0.25) is 17.8 Å². The number of likely N-dealkylation sites (tertiary alicyclic amines) is 1. The molecule has 8 heterocycles. The molecule has 4 aliphatic heterocycles. The maximum Gasteiger partial charge on any atom is 0.278 e. The molecule has 336 valence electrons. The minimum atomic E-state index is -0.992. The van der Waals surface area contributed by atoms with Gasteiger partial charge >= 0.3 is 0 Å². The van der Waals surface area contributed by atoms with Gasteiger partial charge in [-0.3, -0.25) is 24.6 Å². The second-order valence-corrected chi connectivity index (χ2v) is 18.5. The van der Waals surface area contributed by atoms with Gasteiger partial charge in [-0.25, -0.2) is 19.3 Å². The monoisotopic (exact) mass is 877 g/mol. The molecule has 6 aromatic rings. The summed E-state index contributed by atoms with van der Waals surface area (Å²) in [5.41, 5.74) is 6.82. The molecule has 0 bridgehead atoms. The van der Waals surface area contributed by atoms with Crippen molar-refractivity contribution in [3.05, 3.63) is 106 Å². The van der Waals surface area contributed by atoms with Gasteiger partial charge in [0.15, 0.2) is 17.0 Å². The summed E-state index contributed by atoms with van der Waals surface area (Å²) >= 11 is 0. The molecule has 0 radical (unpaired) electrons. The largest absolute Gasteiger partial charge is 0.384 e. The molecule has 3 N–H and O–H groups in total. The summed E-state index contributed by atoms with van der Waals surface area (Å²) < 4.78 is 9.22. The van der Waals surface area contributed by atoms with E-state index in [0.29, 0.717) is 72.0 Å². The number of aryl methyl sites for hydroxylation is 1. The van der Waals surface area contributed by atoms with Crippen molar-refractivity contribution in [1.29, 1.82) is 0 Å². The molecule has 2 atom stereocenters. The molecule has 65 heavy (non-hydrogen) atoms. The minimum Gasteiger partial charge on any atom is -0.384 e. The number of nitrogens with one attached hydrogen (secondary N) is 2. The summed E-state index contributed by atoms with van der Waals surface area (Å²) in [6.45, 7) is 12.1. The Hall–Kier alpha value is -6.23. The molecule has 3 saturated heterocycles. The fraction of sp³-hybridized carbons (Fsp3) is 0.449. The zero-order valence-corrected chi connectivity index (χ0v) is 36.8. The number of aromatic nitrogens is 6. The highest BCUT2D eigenvalue weighted by atomic mass is 16.5. The highest BCUT2D eigenvalue weighted by Gasteiger charge is 2.38. The summed E-state index contributed by atoms with van der Waals surface area (Å²) in [6, 6.07) is 17.6. The Morgan fingerprint density at radius 1 is 0.877 bits per heavy atom. The van der Waals surface area contributed by atoms with Crippen LogP contribution in [0.2, 0.25) is 0 Å². The van der Waals surface area contributed by atoms with E-state index in [9.17, 15) is 19.5 Å². The fourth-order valence-corrected chi connectivity index (χ4v) is 11.2. The van der Waals surface area contributed by atoms with Crippen LogP contribution >= 0.6 is 0 Å². The van der Waals surface area contributed by atoms with E-state index in [1.54, 1.807) is 21.6 Å². The third-order valence-corrected chi connectivity index (χ3v) is 14.9. The summed E-state index contributed by atoms with van der Waals surface area (Å²) in [4.78, 5) is 60.1. The van der Waals surface area contributed by atoms with E-state index < -0.39 is 11.5 Å². The molecule has 3 fully saturated rings. The molecule has 16 heteroatoms. The lowest BCUT2D eigenvalue weighted by Crippen LogP contribution is -2.51. The van der Waals surface area contributed by atoms with Gasteiger partial charge in [0, 0.05) is 73.2 Å². The third-order valence-electron chi connectivity index (χ3n) is 14.9. The maximum absolute atomic E-state index is 13.6. The molecule has 1 unspecified atom stereocenters. The van der Waals surface area contributed by atoms with Crippen LogP contribution in [0.1, 0.15) is 92.3 Å². The van der Waals surface area contributed by atoms with Crippen LogP contribution in [0.25, 0.3) is 27.8 Å². The third kappa shape index (κ3) is 7.41. The number of rotatable bonds is 10. The van der Waals surface area contributed by atoms with E-state index >= 15 is 0 Å². The molecule has 0 saturated carbocycles. The summed E-state index contributed by atoms with van der Waals surface area (Å²) in [6.07, 6.45) is 11.4. The van der Waals surface area contributed by atoms with Gasteiger partial charge in [0.1, 0.15) is 16.7 Å². The molecule has 0 spiro atoms. The topological polar surface area (TPSA) is 180 Å². The number of hydrogen-bond donors (Lipinski definition) is 3. The normalized spacial score (nSPS) is 22.4. The standard InChI is InChI=1S/C49H55N11O5/c1-3-22-59-47(63)38-28-50-48(54-45(38)60(59)40-13-6-31-15-21-49(64,4-2)44(31)52-40)51-32-7-9-33(10-8-32)56-24-17-34(18-25-56)57-26-19-35(20-27-57)58-23-16-30-5-11-36-42(55-65-43(36)39(30)29-58)37-12-14-41(61)53-46(37)62/h3,5-11,13,28,34-35,37,64H,1,4,12,14-27,29H2,2H3,(H,50,51,54)(H,53,61,62)/t37?,49-/m1/s1. The predicted octanol–water partition coefficient (Wildman–Crippen LogP) is 5.60. The second-order valence-electron chi connectivity index (χ2n) is 18.5. The van der Waals surface area contributed by atoms with Crippen LogP contribution in [0, 0.1) is 0 Å². The van der Waals surface area contributed by atoms with Crippen molar-refractivity contribution in [2.24, 2.45) is 0 Å². The van der Waals surface area contributed by atoms with Crippen LogP contribution in [0.3, 0.4) is 0 Å². The van der Waals surface area contributed by atoms with Crippen molar-refractivity contribution >= 4 is 51.1 Å². The van der Waals surface area contributed by atoms with Gasteiger partial charge < -0.3 is 24.7 Å². The number of carbonyl (C=O) groups excluding carboxylic acids is 2. The number of piperidine rings is 3. The number of nitrogens with zero attached hydrogens (tertiary/aromatic N) is 9. The first kappa shape index (κ1) is 41.5. The van der Waals surface area contributed by atoms with Gasteiger partial charge in [-0.15, -0.1) is 6.58 Å². The van der Waals surface area contributed by atoms with Crippen LogP contribution in [0.15, 0.2) is 76.7 Å². The molecular formula is C49H55N11O5. The Balaban J connectivity index is 0.706. The average Bonchev–Trinajstić information content (AvgIpc) is 4.00. The number of anilines is 3. The fourth-order valence-electron chi connectivity index (χ4n) is 11.2. The lowest BCUT2D eigenvalue weighted by molar-refractivity contribution is -0.134. The first-order valence-corrected chi connectivity index (χ1v) is 23.3. The lowest BCUT2D eigenvalue weighted by atomic mass is 9.90. The SMILES string of the molecule is C=CCn1c(=O)c2cnc(Nc3ccc(N4CCC(N5CCC(N6CCc7ccc8c(C9CCC(=O)NC9=O)noc8c7C6)CC5)CC4)cc3)nc2n1-c1ccc2c(n1)[C@@](O)(CC)CC2. The molecule has 4 aromatic heterocycles. The lowest BCUT2D eigenvalue weighted by Gasteiger charge is -2.45. The first-order valence-electron chi connectivity index (χ1n) is 23.3. The quantitative estimate of drug-likeness (QED) is 0.114.